The summed E-state index contributed by atoms with van der Waals surface area (Å²) in [5, 5.41) is 7.45. The summed E-state index contributed by atoms with van der Waals surface area (Å²) in [4.78, 5) is 29.6. The monoisotopic (exact) mass is 370 g/mol. The van der Waals surface area contributed by atoms with Crippen LogP contribution in [0.25, 0.3) is 0 Å². The Balaban J connectivity index is 1.52. The fourth-order valence-electron chi connectivity index (χ4n) is 3.09. The molecule has 8 nitrogen and oxygen atoms in total. The van der Waals surface area contributed by atoms with E-state index in [0.717, 1.165) is 17.1 Å². The number of urea groups is 1. The number of fused-ring (bicyclic) bond motifs is 1. The minimum atomic E-state index is -0.0586. The Bertz CT molecular complexity index is 802. The summed E-state index contributed by atoms with van der Waals surface area (Å²) in [5.74, 6) is -0.0586. The number of aromatic nitrogens is 2. The van der Waals surface area contributed by atoms with Gasteiger partial charge in [0, 0.05) is 33.4 Å². The number of nitrogens with zero attached hydrogens (tertiary/aromatic N) is 5. The fraction of sp³-hybridized carbons (Fsp3) is 0.421. The lowest BCUT2D eigenvalue weighted by Crippen LogP contribution is -2.43. The van der Waals surface area contributed by atoms with Crippen molar-refractivity contribution in [2.45, 2.75) is 19.6 Å². The van der Waals surface area contributed by atoms with Crippen LogP contribution < -0.4 is 10.2 Å². The molecular weight excluding hydrogens is 344 g/mol. The molecule has 2 heterocycles. The summed E-state index contributed by atoms with van der Waals surface area (Å²) < 4.78 is 1.91. The smallest absolute Gasteiger partial charge is 0.319 e. The lowest BCUT2D eigenvalue weighted by Gasteiger charge is -2.29. The van der Waals surface area contributed by atoms with Crippen molar-refractivity contribution in [1.29, 1.82) is 0 Å². The number of para-hydroxylation sites is 1. The first-order chi connectivity index (χ1) is 12.9. The quantitative estimate of drug-likeness (QED) is 0.856. The van der Waals surface area contributed by atoms with Crippen LogP contribution in [0.1, 0.15) is 11.4 Å². The van der Waals surface area contributed by atoms with Gasteiger partial charge in [-0.2, -0.15) is 5.10 Å². The number of hydrogen-bond acceptors (Lipinski definition) is 4. The summed E-state index contributed by atoms with van der Waals surface area (Å²) >= 11 is 0. The molecule has 0 spiro atoms. The van der Waals surface area contributed by atoms with Crippen molar-refractivity contribution in [3.63, 3.8) is 0 Å². The first-order valence-corrected chi connectivity index (χ1v) is 8.99. The van der Waals surface area contributed by atoms with Gasteiger partial charge in [-0.05, 0) is 18.2 Å². The minimum Gasteiger partial charge on any atom is -0.365 e. The molecule has 0 unspecified atom stereocenters. The summed E-state index contributed by atoms with van der Waals surface area (Å²) in [7, 11) is 5.39. The molecule has 3 rings (SSSR count). The topological polar surface area (TPSA) is 73.7 Å². The largest absolute Gasteiger partial charge is 0.365 e. The number of benzene rings is 1. The van der Waals surface area contributed by atoms with Crippen molar-refractivity contribution in [2.24, 2.45) is 0 Å². The van der Waals surface area contributed by atoms with Gasteiger partial charge in [0.05, 0.1) is 37.6 Å². The molecule has 0 bridgehead atoms. The molecule has 8 heteroatoms. The van der Waals surface area contributed by atoms with Gasteiger partial charge in [0.25, 0.3) is 0 Å². The predicted molar refractivity (Wildman–Crippen MR) is 103 cm³/mol. The molecule has 1 N–H and O–H groups in total. The van der Waals surface area contributed by atoms with E-state index in [-0.39, 0.29) is 18.5 Å². The normalized spacial score (nSPS) is 13.1. The van der Waals surface area contributed by atoms with Gasteiger partial charge in [-0.3, -0.25) is 9.48 Å². The molecule has 144 valence electrons. The first kappa shape index (κ1) is 18.8. The Labute approximate surface area is 159 Å². The number of likely N-dealkylation sites (N-methyl/N-ethyl adjacent to an activating group) is 1. The zero-order chi connectivity index (χ0) is 19.4. The van der Waals surface area contributed by atoms with Crippen LogP contribution >= 0.6 is 0 Å². The van der Waals surface area contributed by atoms with Crippen LogP contribution in [-0.4, -0.2) is 65.8 Å². The number of carbonyl (C=O) groups is 2. The number of nitrogens with one attached hydrogen (secondary N) is 1. The van der Waals surface area contributed by atoms with Gasteiger partial charge in [0.15, 0.2) is 0 Å². The third-order valence-electron chi connectivity index (χ3n) is 4.55. The maximum absolute atomic E-state index is 12.2. The summed E-state index contributed by atoms with van der Waals surface area (Å²) in [6.45, 7) is 2.50. The van der Waals surface area contributed by atoms with Gasteiger partial charge < -0.3 is 20.0 Å². The van der Waals surface area contributed by atoms with Gasteiger partial charge in [-0.25, -0.2) is 4.79 Å². The van der Waals surface area contributed by atoms with E-state index in [9.17, 15) is 9.59 Å². The zero-order valence-corrected chi connectivity index (χ0v) is 16.1. The molecular formula is C19H26N6O2. The van der Waals surface area contributed by atoms with Crippen LogP contribution in [-0.2, 0) is 24.4 Å². The number of carbonyl (C=O) groups excluding carboxylic acids is 2. The van der Waals surface area contributed by atoms with Crippen molar-refractivity contribution < 1.29 is 9.59 Å². The molecule has 0 fully saturated rings. The van der Waals surface area contributed by atoms with Gasteiger partial charge >= 0.3 is 6.03 Å². The molecule has 0 radical (unpaired) electrons. The van der Waals surface area contributed by atoms with E-state index >= 15 is 0 Å². The first-order valence-electron chi connectivity index (χ1n) is 8.99. The second-order valence-corrected chi connectivity index (χ2v) is 6.92. The molecule has 3 amide bonds. The highest BCUT2D eigenvalue weighted by atomic mass is 16.2. The molecule has 1 aromatic heterocycles. The van der Waals surface area contributed by atoms with E-state index in [1.807, 2.05) is 53.0 Å². The van der Waals surface area contributed by atoms with Crippen LogP contribution in [0.15, 0.2) is 36.4 Å². The SMILES string of the molecule is CN(C)C(=O)N1CCn2nc(CNC(=O)CN(C)c3ccccc3)cc2C1. The lowest BCUT2D eigenvalue weighted by atomic mass is 10.3. The number of rotatable bonds is 5. The number of amides is 3. The minimum absolute atomic E-state index is 0.00116. The average molecular weight is 370 g/mol. The van der Waals surface area contributed by atoms with Crippen molar-refractivity contribution in [2.75, 3.05) is 39.1 Å². The van der Waals surface area contributed by atoms with Crippen LogP contribution in [0.5, 0.6) is 0 Å². The average Bonchev–Trinajstić information content (AvgIpc) is 3.08. The van der Waals surface area contributed by atoms with Crippen molar-refractivity contribution in [3.8, 4) is 0 Å². The van der Waals surface area contributed by atoms with E-state index < -0.39 is 0 Å². The number of anilines is 1. The Hall–Kier alpha value is -3.03. The third kappa shape index (κ3) is 4.58. The molecule has 1 aliphatic rings. The maximum atomic E-state index is 12.2. The summed E-state index contributed by atoms with van der Waals surface area (Å²) in [6, 6.07) is 11.7. The Kier molecular flexibility index (Phi) is 5.63. The Morgan fingerprint density at radius 1 is 1.15 bits per heavy atom. The van der Waals surface area contributed by atoms with Crippen LogP contribution in [0.3, 0.4) is 0 Å². The molecule has 1 aromatic carbocycles. The second-order valence-electron chi connectivity index (χ2n) is 6.92. The van der Waals surface area contributed by atoms with Gasteiger partial charge in [-0.15, -0.1) is 0 Å². The van der Waals surface area contributed by atoms with Crippen LogP contribution in [0, 0.1) is 0 Å². The molecule has 27 heavy (non-hydrogen) atoms. The summed E-state index contributed by atoms with van der Waals surface area (Å²) in [5.41, 5.74) is 2.79. The standard InChI is InChI=1S/C19H26N6O2/c1-22(2)19(27)24-9-10-25-17(13-24)11-15(21-25)12-20-18(26)14-23(3)16-7-5-4-6-8-16/h4-8,11H,9-10,12-14H2,1-3H3,(H,20,26). The Morgan fingerprint density at radius 2 is 1.89 bits per heavy atom. The molecule has 1 aliphatic heterocycles. The molecule has 0 aliphatic carbocycles. The third-order valence-corrected chi connectivity index (χ3v) is 4.55. The highest BCUT2D eigenvalue weighted by molar-refractivity contribution is 5.81. The van der Waals surface area contributed by atoms with Crippen molar-refractivity contribution in [3.05, 3.63) is 47.8 Å². The Morgan fingerprint density at radius 3 is 2.59 bits per heavy atom. The summed E-state index contributed by atoms with van der Waals surface area (Å²) in [6.07, 6.45) is 0. The van der Waals surface area contributed by atoms with E-state index in [1.54, 1.807) is 23.9 Å². The second kappa shape index (κ2) is 8.11. The number of hydrogen-bond donors (Lipinski definition) is 1. The lowest BCUT2D eigenvalue weighted by molar-refractivity contribution is -0.119. The van der Waals surface area contributed by atoms with Gasteiger partial charge in [0.2, 0.25) is 5.91 Å². The highest BCUT2D eigenvalue weighted by Crippen LogP contribution is 2.15. The van der Waals surface area contributed by atoms with E-state index in [4.69, 9.17) is 0 Å². The highest BCUT2D eigenvalue weighted by Gasteiger charge is 2.23. The van der Waals surface area contributed by atoms with Crippen molar-refractivity contribution >= 4 is 17.6 Å². The predicted octanol–water partition coefficient (Wildman–Crippen LogP) is 1.13. The van der Waals surface area contributed by atoms with Crippen molar-refractivity contribution in [1.82, 2.24) is 24.9 Å². The fourth-order valence-corrected chi connectivity index (χ4v) is 3.09. The van der Waals surface area contributed by atoms with Gasteiger partial charge in [0.1, 0.15) is 0 Å². The van der Waals surface area contributed by atoms with E-state index in [0.29, 0.717) is 26.2 Å². The molecule has 0 saturated heterocycles. The van der Waals surface area contributed by atoms with E-state index in [2.05, 4.69) is 10.4 Å². The van der Waals surface area contributed by atoms with Gasteiger partial charge in [-0.1, -0.05) is 18.2 Å². The zero-order valence-electron chi connectivity index (χ0n) is 16.1. The van der Waals surface area contributed by atoms with E-state index in [1.165, 1.54) is 0 Å². The van der Waals surface area contributed by atoms with Crippen LogP contribution in [0.2, 0.25) is 0 Å². The van der Waals surface area contributed by atoms with Crippen LogP contribution in [0.4, 0.5) is 10.5 Å². The maximum Gasteiger partial charge on any atom is 0.319 e. The molecule has 0 saturated carbocycles. The molecule has 0 atom stereocenters. The molecule has 2 aromatic rings.